The Morgan fingerprint density at radius 3 is 2.42 bits per heavy atom. The predicted octanol–water partition coefficient (Wildman–Crippen LogP) is 1.74. The molecule has 6 nitrogen and oxygen atoms in total. The van der Waals surface area contributed by atoms with E-state index >= 15 is 0 Å². The Hall–Kier alpha value is -1.35. The summed E-state index contributed by atoms with van der Waals surface area (Å²) in [5.41, 5.74) is 2.53. The monoisotopic (exact) mass is 446 g/mol. The highest BCUT2D eigenvalue weighted by molar-refractivity contribution is 14.0. The van der Waals surface area contributed by atoms with E-state index in [4.69, 9.17) is 4.74 Å². The van der Waals surface area contributed by atoms with Crippen LogP contribution in [0.5, 0.6) is 0 Å². The third kappa shape index (κ3) is 6.27. The molecule has 0 fully saturated rings. The van der Waals surface area contributed by atoms with E-state index in [0.717, 1.165) is 32.0 Å². The van der Waals surface area contributed by atoms with Crippen LogP contribution in [0.25, 0.3) is 0 Å². The van der Waals surface area contributed by atoms with E-state index in [1.54, 1.807) is 14.2 Å². The molecule has 1 aliphatic rings. The summed E-state index contributed by atoms with van der Waals surface area (Å²) in [5, 5.41) is 6.35. The minimum Gasteiger partial charge on any atom is -0.383 e. The van der Waals surface area contributed by atoms with Crippen LogP contribution >= 0.6 is 24.0 Å². The highest BCUT2D eigenvalue weighted by atomic mass is 127. The van der Waals surface area contributed by atoms with Crippen LogP contribution < -0.4 is 10.6 Å². The molecule has 134 valence electrons. The van der Waals surface area contributed by atoms with Gasteiger partial charge >= 0.3 is 0 Å². The lowest BCUT2D eigenvalue weighted by atomic mass is 10.1. The second-order valence-electron chi connectivity index (χ2n) is 5.54. The van der Waals surface area contributed by atoms with Crippen LogP contribution in [0.15, 0.2) is 29.3 Å². The molecular weight excluding hydrogens is 419 g/mol. The first-order valence-electron chi connectivity index (χ1n) is 8.02. The topological polar surface area (TPSA) is 66.0 Å². The largest absolute Gasteiger partial charge is 0.383 e. The molecule has 1 aromatic rings. The molecule has 1 aliphatic heterocycles. The van der Waals surface area contributed by atoms with E-state index < -0.39 is 0 Å². The smallest absolute Gasteiger partial charge is 0.223 e. The number of guanidine groups is 1. The molecule has 0 saturated heterocycles. The number of halogens is 1. The fourth-order valence-electron chi connectivity index (χ4n) is 2.61. The van der Waals surface area contributed by atoms with Gasteiger partial charge in [-0.2, -0.15) is 0 Å². The standard InChI is InChI=1S/C17H26N4O2.HI/c1-18-17(20-10-11-23-2)19-9-5-8-16(22)21-12-14-6-3-4-7-15(14)13-21;/h3-4,6-7H,5,8-13H2,1-2H3,(H2,18,19,20);1H. The first-order chi connectivity index (χ1) is 11.2. The number of benzene rings is 1. The number of carbonyl (C=O) groups excluding carboxylic acids is 1. The summed E-state index contributed by atoms with van der Waals surface area (Å²) in [5.74, 6) is 0.952. The lowest BCUT2D eigenvalue weighted by molar-refractivity contribution is -0.131. The van der Waals surface area contributed by atoms with E-state index in [0.29, 0.717) is 19.6 Å². The Kier molecular flexibility index (Phi) is 9.70. The number of hydrogen-bond acceptors (Lipinski definition) is 3. The van der Waals surface area contributed by atoms with E-state index in [1.165, 1.54) is 11.1 Å². The molecule has 1 amide bonds. The third-order valence-electron chi connectivity index (χ3n) is 3.88. The molecule has 0 saturated carbocycles. The van der Waals surface area contributed by atoms with E-state index in [2.05, 4.69) is 27.8 Å². The van der Waals surface area contributed by atoms with Crippen molar-refractivity contribution in [2.75, 3.05) is 33.9 Å². The van der Waals surface area contributed by atoms with Crippen LogP contribution in [0.1, 0.15) is 24.0 Å². The summed E-state index contributed by atoms with van der Waals surface area (Å²) in [6.45, 7) is 3.54. The Labute approximate surface area is 161 Å². The van der Waals surface area contributed by atoms with Crippen molar-refractivity contribution in [3.63, 3.8) is 0 Å². The van der Waals surface area contributed by atoms with Crippen molar-refractivity contribution in [2.45, 2.75) is 25.9 Å². The van der Waals surface area contributed by atoms with Gasteiger partial charge in [0, 0.05) is 46.8 Å². The van der Waals surface area contributed by atoms with E-state index in [9.17, 15) is 4.79 Å². The minimum absolute atomic E-state index is 0. The predicted molar refractivity (Wildman–Crippen MR) is 107 cm³/mol. The first kappa shape index (κ1) is 20.7. The van der Waals surface area contributed by atoms with Crippen LogP contribution in [0.3, 0.4) is 0 Å². The van der Waals surface area contributed by atoms with Gasteiger partial charge in [0.05, 0.1) is 6.61 Å². The number of nitrogens with zero attached hydrogens (tertiary/aromatic N) is 2. The summed E-state index contributed by atoms with van der Waals surface area (Å²) in [6, 6.07) is 8.25. The lowest BCUT2D eigenvalue weighted by Crippen LogP contribution is -2.39. The second-order valence-corrected chi connectivity index (χ2v) is 5.54. The zero-order valence-corrected chi connectivity index (χ0v) is 16.7. The molecule has 0 aliphatic carbocycles. The molecule has 0 radical (unpaired) electrons. The normalized spacial score (nSPS) is 13.2. The first-order valence-corrected chi connectivity index (χ1v) is 8.02. The second kappa shape index (κ2) is 11.2. The van der Waals surface area contributed by atoms with E-state index in [1.807, 2.05) is 17.0 Å². The average molecular weight is 446 g/mol. The Morgan fingerprint density at radius 1 is 1.21 bits per heavy atom. The number of carbonyl (C=O) groups is 1. The van der Waals surface area contributed by atoms with Crippen molar-refractivity contribution >= 4 is 35.8 Å². The molecule has 0 unspecified atom stereocenters. The Morgan fingerprint density at radius 2 is 1.83 bits per heavy atom. The number of methoxy groups -OCH3 is 1. The fourth-order valence-corrected chi connectivity index (χ4v) is 2.61. The number of amides is 1. The number of aliphatic imine (C=N–C) groups is 1. The van der Waals surface area contributed by atoms with Gasteiger partial charge in [0.2, 0.25) is 5.91 Å². The molecule has 1 aromatic carbocycles. The van der Waals surface area contributed by atoms with Crippen molar-refractivity contribution in [1.29, 1.82) is 0 Å². The minimum atomic E-state index is 0. The molecule has 7 heteroatoms. The molecule has 2 rings (SSSR count). The van der Waals surface area contributed by atoms with Gasteiger partial charge < -0.3 is 20.3 Å². The number of hydrogen-bond donors (Lipinski definition) is 2. The maximum Gasteiger partial charge on any atom is 0.223 e. The van der Waals surface area contributed by atoms with Crippen molar-refractivity contribution in [3.8, 4) is 0 Å². The molecule has 0 spiro atoms. The van der Waals surface area contributed by atoms with Gasteiger partial charge in [-0.1, -0.05) is 24.3 Å². The summed E-state index contributed by atoms with van der Waals surface area (Å²) in [6.07, 6.45) is 1.34. The summed E-state index contributed by atoms with van der Waals surface area (Å²) in [7, 11) is 3.40. The van der Waals surface area contributed by atoms with Crippen LogP contribution in [0.2, 0.25) is 0 Å². The SMILES string of the molecule is CN=C(NCCCC(=O)N1Cc2ccccc2C1)NCCOC.I. The van der Waals surface area contributed by atoms with Gasteiger partial charge in [-0.05, 0) is 17.5 Å². The van der Waals surface area contributed by atoms with Crippen molar-refractivity contribution in [3.05, 3.63) is 35.4 Å². The maximum absolute atomic E-state index is 12.3. The Balaban J connectivity index is 0.00000288. The summed E-state index contributed by atoms with van der Waals surface area (Å²) >= 11 is 0. The molecule has 0 bridgehead atoms. The molecule has 0 aromatic heterocycles. The van der Waals surface area contributed by atoms with Crippen LogP contribution in [-0.2, 0) is 22.6 Å². The van der Waals surface area contributed by atoms with Gasteiger partial charge in [0.15, 0.2) is 5.96 Å². The van der Waals surface area contributed by atoms with Crippen LogP contribution in [0, 0.1) is 0 Å². The van der Waals surface area contributed by atoms with Crippen LogP contribution in [0.4, 0.5) is 0 Å². The van der Waals surface area contributed by atoms with E-state index in [-0.39, 0.29) is 29.9 Å². The average Bonchev–Trinajstić information content (AvgIpc) is 3.01. The zero-order valence-electron chi connectivity index (χ0n) is 14.4. The van der Waals surface area contributed by atoms with Gasteiger partial charge in [-0.3, -0.25) is 9.79 Å². The Bertz CT molecular complexity index is 526. The quantitative estimate of drug-likeness (QED) is 0.290. The molecule has 24 heavy (non-hydrogen) atoms. The fraction of sp³-hybridized carbons (Fsp3) is 0.529. The zero-order chi connectivity index (χ0) is 16.5. The third-order valence-corrected chi connectivity index (χ3v) is 3.88. The number of ether oxygens (including phenoxy) is 1. The number of nitrogens with one attached hydrogen (secondary N) is 2. The molecular formula is C17H27IN4O2. The highest BCUT2D eigenvalue weighted by Gasteiger charge is 2.22. The van der Waals surface area contributed by atoms with Crippen molar-refractivity contribution in [1.82, 2.24) is 15.5 Å². The van der Waals surface area contributed by atoms with Gasteiger partial charge in [-0.15, -0.1) is 24.0 Å². The van der Waals surface area contributed by atoms with Gasteiger partial charge in [0.25, 0.3) is 0 Å². The molecule has 1 heterocycles. The molecule has 0 atom stereocenters. The van der Waals surface area contributed by atoms with Crippen molar-refractivity contribution in [2.24, 2.45) is 4.99 Å². The van der Waals surface area contributed by atoms with Crippen molar-refractivity contribution < 1.29 is 9.53 Å². The maximum atomic E-state index is 12.3. The molecule has 2 N–H and O–H groups in total. The lowest BCUT2D eigenvalue weighted by Gasteiger charge is -2.16. The number of fused-ring (bicyclic) bond motifs is 1. The van der Waals surface area contributed by atoms with Gasteiger partial charge in [0.1, 0.15) is 0 Å². The van der Waals surface area contributed by atoms with Crippen LogP contribution in [-0.4, -0.2) is 50.6 Å². The number of rotatable bonds is 7. The van der Waals surface area contributed by atoms with Gasteiger partial charge in [-0.25, -0.2) is 0 Å². The highest BCUT2D eigenvalue weighted by Crippen LogP contribution is 2.22. The summed E-state index contributed by atoms with van der Waals surface area (Å²) < 4.78 is 4.98. The summed E-state index contributed by atoms with van der Waals surface area (Å²) in [4.78, 5) is 18.3.